The maximum absolute atomic E-state index is 10.6. The smallest absolute Gasteiger partial charge is 0.167 e. The highest BCUT2D eigenvalue weighted by Gasteiger charge is 2.23. The Bertz CT molecular complexity index is 788. The van der Waals surface area contributed by atoms with Crippen LogP contribution in [0, 0.1) is 0 Å². The third-order valence-corrected chi connectivity index (χ3v) is 7.76. The summed E-state index contributed by atoms with van der Waals surface area (Å²) in [5.41, 5.74) is 0.738. The van der Waals surface area contributed by atoms with Crippen LogP contribution in [0.4, 0.5) is 0 Å². The van der Waals surface area contributed by atoms with Gasteiger partial charge in [0.15, 0.2) is 5.82 Å². The largest absolute Gasteiger partial charge is 0.507 e. The Morgan fingerprint density at radius 3 is 1.33 bits per heavy atom. The summed E-state index contributed by atoms with van der Waals surface area (Å²) < 4.78 is 0. The van der Waals surface area contributed by atoms with Gasteiger partial charge in [-0.3, -0.25) is 0 Å². The van der Waals surface area contributed by atoms with Crippen LogP contribution in [-0.2, 0) is 0 Å². The van der Waals surface area contributed by atoms with Gasteiger partial charge in [-0.2, -0.15) is 0 Å². The summed E-state index contributed by atoms with van der Waals surface area (Å²) in [6.45, 7) is 0. The van der Waals surface area contributed by atoms with Crippen LogP contribution in [0.25, 0.3) is 11.4 Å². The summed E-state index contributed by atoms with van der Waals surface area (Å²) in [6.07, 6.45) is 23.3. The Balaban J connectivity index is 1.67. The van der Waals surface area contributed by atoms with E-state index in [4.69, 9.17) is 15.0 Å². The molecule has 0 saturated heterocycles. The minimum absolute atomic E-state index is 0.262. The van der Waals surface area contributed by atoms with Gasteiger partial charge in [-0.25, -0.2) is 15.0 Å². The monoisotopic (exact) mass is 449 g/mol. The molecule has 4 heteroatoms. The van der Waals surface area contributed by atoms with Gasteiger partial charge >= 0.3 is 0 Å². The van der Waals surface area contributed by atoms with E-state index in [0.717, 1.165) is 17.2 Å². The Labute approximate surface area is 200 Å². The number of aromatic nitrogens is 3. The highest BCUT2D eigenvalue weighted by atomic mass is 16.3. The molecule has 0 spiro atoms. The lowest BCUT2D eigenvalue weighted by molar-refractivity contribution is 0.433. The van der Waals surface area contributed by atoms with E-state index in [9.17, 15) is 5.11 Å². The Morgan fingerprint density at radius 2 is 0.909 bits per heavy atom. The van der Waals surface area contributed by atoms with Crippen molar-refractivity contribution in [1.29, 1.82) is 0 Å². The molecule has 180 valence electrons. The summed E-state index contributed by atoms with van der Waals surface area (Å²) in [5, 5.41) is 10.6. The van der Waals surface area contributed by atoms with Crippen LogP contribution >= 0.6 is 0 Å². The molecule has 2 aromatic rings. The second-order valence-electron chi connectivity index (χ2n) is 10.4. The molecule has 0 bridgehead atoms. The van der Waals surface area contributed by atoms with Gasteiger partial charge in [-0.15, -0.1) is 0 Å². The summed E-state index contributed by atoms with van der Waals surface area (Å²) in [7, 11) is 0. The fourth-order valence-corrected chi connectivity index (χ4v) is 5.69. The number of hydrogen-bond donors (Lipinski definition) is 1. The molecule has 33 heavy (non-hydrogen) atoms. The standard InChI is InChI=1S/C29H43N3O/c33-26-22-16-15-21-25(26)29-31-27(23-17-11-7-3-1-4-8-12-18-23)30-28(32-29)24-19-13-9-5-2-6-10-14-20-24/h15-16,21-24,33H,1-14,17-20H2. The number of para-hydroxylation sites is 1. The molecule has 1 N–H and O–H groups in total. The van der Waals surface area contributed by atoms with E-state index in [1.807, 2.05) is 18.2 Å². The number of phenols is 1. The summed E-state index contributed by atoms with van der Waals surface area (Å²) in [5.74, 6) is 3.72. The van der Waals surface area contributed by atoms with Crippen molar-refractivity contribution in [2.75, 3.05) is 0 Å². The SMILES string of the molecule is Oc1ccccc1-c1nc(C2CCCCCCCCC2)nc(C2CCCCCCCCC2)n1. The van der Waals surface area contributed by atoms with Gasteiger partial charge < -0.3 is 5.11 Å². The Kier molecular flexibility index (Phi) is 9.56. The zero-order valence-electron chi connectivity index (χ0n) is 20.5. The van der Waals surface area contributed by atoms with Crippen molar-refractivity contribution in [3.05, 3.63) is 35.9 Å². The third-order valence-electron chi connectivity index (χ3n) is 7.76. The Morgan fingerprint density at radius 1 is 0.515 bits per heavy atom. The van der Waals surface area contributed by atoms with Crippen molar-refractivity contribution in [2.45, 2.75) is 127 Å². The summed E-state index contributed by atoms with van der Waals surface area (Å²) in [4.78, 5) is 15.2. The lowest BCUT2D eigenvalue weighted by atomic mass is 9.90. The average molecular weight is 450 g/mol. The molecule has 2 fully saturated rings. The number of rotatable bonds is 3. The molecule has 1 heterocycles. The predicted molar refractivity (Wildman–Crippen MR) is 136 cm³/mol. The predicted octanol–water partition coefficient (Wildman–Crippen LogP) is 8.46. The van der Waals surface area contributed by atoms with Gasteiger partial charge in [-0.05, 0) is 37.8 Å². The molecular weight excluding hydrogens is 406 g/mol. The minimum Gasteiger partial charge on any atom is -0.507 e. The second kappa shape index (κ2) is 13.1. The molecule has 2 aliphatic rings. The summed E-state index contributed by atoms with van der Waals surface area (Å²) in [6, 6.07) is 7.51. The van der Waals surface area contributed by atoms with E-state index in [0.29, 0.717) is 17.7 Å². The van der Waals surface area contributed by atoms with Crippen molar-refractivity contribution in [3.8, 4) is 17.1 Å². The lowest BCUT2D eigenvalue weighted by Gasteiger charge is -2.22. The average Bonchev–Trinajstić information content (AvgIpc) is 2.85. The van der Waals surface area contributed by atoms with Gasteiger partial charge in [0.25, 0.3) is 0 Å². The highest BCUT2D eigenvalue weighted by molar-refractivity contribution is 5.63. The van der Waals surface area contributed by atoms with Crippen LogP contribution in [0.2, 0.25) is 0 Å². The first-order valence-electron chi connectivity index (χ1n) is 13.9. The van der Waals surface area contributed by atoms with E-state index in [2.05, 4.69) is 0 Å². The molecule has 0 aliphatic heterocycles. The van der Waals surface area contributed by atoms with Crippen molar-refractivity contribution in [2.24, 2.45) is 0 Å². The fourth-order valence-electron chi connectivity index (χ4n) is 5.69. The zero-order valence-corrected chi connectivity index (χ0v) is 20.5. The normalized spacial score (nSPS) is 20.8. The van der Waals surface area contributed by atoms with Crippen LogP contribution < -0.4 is 0 Å². The molecule has 1 aromatic carbocycles. The van der Waals surface area contributed by atoms with Crippen molar-refractivity contribution in [1.82, 2.24) is 15.0 Å². The molecule has 4 rings (SSSR count). The first kappa shape index (κ1) is 24.2. The summed E-state index contributed by atoms with van der Waals surface area (Å²) >= 11 is 0. The molecule has 0 amide bonds. The van der Waals surface area contributed by atoms with E-state index in [1.54, 1.807) is 6.07 Å². The second-order valence-corrected chi connectivity index (χ2v) is 10.4. The lowest BCUT2D eigenvalue weighted by Crippen LogP contribution is -2.14. The first-order valence-corrected chi connectivity index (χ1v) is 13.9. The number of phenolic OH excluding ortho intramolecular Hbond substituents is 1. The molecule has 2 saturated carbocycles. The van der Waals surface area contributed by atoms with Crippen molar-refractivity contribution >= 4 is 0 Å². The fraction of sp³-hybridized carbons (Fsp3) is 0.690. The van der Waals surface area contributed by atoms with Gasteiger partial charge in [0.05, 0.1) is 5.56 Å². The van der Waals surface area contributed by atoms with E-state index in [-0.39, 0.29) is 5.75 Å². The van der Waals surface area contributed by atoms with Crippen molar-refractivity contribution in [3.63, 3.8) is 0 Å². The topological polar surface area (TPSA) is 58.9 Å². The molecule has 2 aliphatic carbocycles. The maximum Gasteiger partial charge on any atom is 0.167 e. The third kappa shape index (κ3) is 7.25. The minimum atomic E-state index is 0.262. The van der Waals surface area contributed by atoms with Crippen LogP contribution in [-0.4, -0.2) is 20.1 Å². The molecule has 0 radical (unpaired) electrons. The van der Waals surface area contributed by atoms with Gasteiger partial charge in [-0.1, -0.05) is 102 Å². The maximum atomic E-state index is 10.6. The molecule has 4 nitrogen and oxygen atoms in total. The number of nitrogens with zero attached hydrogens (tertiary/aromatic N) is 3. The van der Waals surface area contributed by atoms with Crippen LogP contribution in [0.15, 0.2) is 24.3 Å². The van der Waals surface area contributed by atoms with E-state index >= 15 is 0 Å². The van der Waals surface area contributed by atoms with Gasteiger partial charge in [0.2, 0.25) is 0 Å². The molecular formula is C29H43N3O. The highest BCUT2D eigenvalue weighted by Crippen LogP contribution is 2.34. The van der Waals surface area contributed by atoms with Gasteiger partial charge in [0, 0.05) is 11.8 Å². The first-order chi connectivity index (χ1) is 16.3. The zero-order chi connectivity index (χ0) is 22.7. The van der Waals surface area contributed by atoms with Crippen LogP contribution in [0.5, 0.6) is 5.75 Å². The number of hydrogen-bond acceptors (Lipinski definition) is 4. The van der Waals surface area contributed by atoms with Crippen molar-refractivity contribution < 1.29 is 5.11 Å². The molecule has 1 aromatic heterocycles. The van der Waals surface area contributed by atoms with Crippen LogP contribution in [0.1, 0.15) is 139 Å². The van der Waals surface area contributed by atoms with Crippen LogP contribution in [0.3, 0.4) is 0 Å². The van der Waals surface area contributed by atoms with E-state index < -0.39 is 0 Å². The van der Waals surface area contributed by atoms with E-state index in [1.165, 1.54) is 116 Å². The molecule has 0 unspecified atom stereocenters. The molecule has 0 atom stereocenters. The number of aromatic hydroxyl groups is 1. The number of benzene rings is 1. The van der Waals surface area contributed by atoms with Gasteiger partial charge in [0.1, 0.15) is 17.4 Å². The Hall–Kier alpha value is -1.97. The quantitative estimate of drug-likeness (QED) is 0.510.